The van der Waals surface area contributed by atoms with Gasteiger partial charge in [-0.15, -0.1) is 0 Å². The van der Waals surface area contributed by atoms with Gasteiger partial charge in [0, 0.05) is 12.5 Å². The highest BCUT2D eigenvalue weighted by Crippen LogP contribution is 2.41. The first-order valence-electron chi connectivity index (χ1n) is 15.1. The highest BCUT2D eigenvalue weighted by atomic mass is 16.6. The van der Waals surface area contributed by atoms with Gasteiger partial charge in [0.1, 0.15) is 29.3 Å². The summed E-state index contributed by atoms with van der Waals surface area (Å²) >= 11 is 0. The van der Waals surface area contributed by atoms with Crippen molar-refractivity contribution in [1.29, 1.82) is 0 Å². The van der Waals surface area contributed by atoms with E-state index < -0.39 is 59.8 Å². The van der Waals surface area contributed by atoms with Crippen molar-refractivity contribution in [2.24, 2.45) is 5.92 Å². The van der Waals surface area contributed by atoms with Crippen molar-refractivity contribution < 1.29 is 33.8 Å². The quantitative estimate of drug-likeness (QED) is 0.325. The van der Waals surface area contributed by atoms with Crippen LogP contribution in [0.2, 0.25) is 0 Å². The van der Waals surface area contributed by atoms with Crippen LogP contribution >= 0.6 is 0 Å². The van der Waals surface area contributed by atoms with Gasteiger partial charge in [0.25, 0.3) is 0 Å². The second kappa shape index (κ2) is 14.2. The summed E-state index contributed by atoms with van der Waals surface area (Å²) in [4.78, 5) is 55.9. The highest BCUT2D eigenvalue weighted by molar-refractivity contribution is 5.94. The third kappa shape index (κ3) is 10.1. The number of aryl methyl sites for hydroxylation is 1. The molecule has 10 heteroatoms. The highest BCUT2D eigenvalue weighted by Gasteiger charge is 2.48. The molecule has 3 amide bonds. The number of alkyl carbamates (subject to hydrolysis) is 1. The van der Waals surface area contributed by atoms with Crippen LogP contribution in [0.5, 0.6) is 0 Å². The zero-order valence-corrected chi connectivity index (χ0v) is 27.0. The van der Waals surface area contributed by atoms with Gasteiger partial charge in [0.15, 0.2) is 0 Å². The van der Waals surface area contributed by atoms with E-state index in [1.54, 1.807) is 53.7 Å². The van der Waals surface area contributed by atoms with Gasteiger partial charge in [0.05, 0.1) is 6.61 Å². The Bertz CT molecular complexity index is 1320. The van der Waals surface area contributed by atoms with Crippen LogP contribution in [0.3, 0.4) is 0 Å². The van der Waals surface area contributed by atoms with Crippen molar-refractivity contribution >= 4 is 23.9 Å². The number of esters is 1. The largest absolute Gasteiger partial charge is 0.458 e. The third-order valence-corrected chi connectivity index (χ3v) is 7.03. The fraction of sp³-hybridized carbons (Fsp3) is 0.529. The lowest BCUT2D eigenvalue weighted by Crippen LogP contribution is -2.56. The van der Waals surface area contributed by atoms with Crippen molar-refractivity contribution in [3.63, 3.8) is 0 Å². The molecular formula is C34H47N3O7. The number of aliphatic hydroxyl groups excluding tert-OH is 1. The van der Waals surface area contributed by atoms with Gasteiger partial charge in [-0.25, -0.2) is 9.59 Å². The average molecular weight is 610 g/mol. The SMILES string of the molecule is Cc1cccc(C(C(=O)NC(Cc2ccccc2)C(=O)OC(C)(C)C)N(C(=O)C(CO)NC(=O)OC(C)(C)C)C2CC2C)c1. The van der Waals surface area contributed by atoms with Crippen LogP contribution in [-0.4, -0.2) is 69.8 Å². The Hall–Kier alpha value is -3.92. The minimum absolute atomic E-state index is 0.0749. The van der Waals surface area contributed by atoms with Crippen LogP contribution in [0.25, 0.3) is 0 Å². The van der Waals surface area contributed by atoms with E-state index in [-0.39, 0.29) is 18.4 Å². The molecule has 5 unspecified atom stereocenters. The van der Waals surface area contributed by atoms with Crippen molar-refractivity contribution in [2.75, 3.05) is 6.61 Å². The Balaban J connectivity index is 2.02. The van der Waals surface area contributed by atoms with E-state index in [1.807, 2.05) is 56.3 Å². The minimum atomic E-state index is -1.36. The van der Waals surface area contributed by atoms with Crippen molar-refractivity contribution in [3.05, 3.63) is 71.3 Å². The van der Waals surface area contributed by atoms with Gasteiger partial charge >= 0.3 is 12.1 Å². The molecule has 0 aliphatic heterocycles. The van der Waals surface area contributed by atoms with E-state index in [0.29, 0.717) is 12.0 Å². The molecule has 1 saturated carbocycles. The molecule has 1 fully saturated rings. The maximum atomic E-state index is 14.3. The molecule has 0 aromatic heterocycles. The van der Waals surface area contributed by atoms with E-state index in [1.165, 1.54) is 4.90 Å². The first-order valence-corrected chi connectivity index (χ1v) is 15.1. The number of rotatable bonds is 11. The van der Waals surface area contributed by atoms with E-state index in [2.05, 4.69) is 10.6 Å². The maximum absolute atomic E-state index is 14.3. The molecule has 2 aromatic carbocycles. The third-order valence-electron chi connectivity index (χ3n) is 7.03. The molecule has 0 spiro atoms. The second-order valence-electron chi connectivity index (χ2n) is 13.5. The molecule has 2 aromatic rings. The molecule has 0 radical (unpaired) electrons. The lowest BCUT2D eigenvalue weighted by molar-refractivity contribution is -0.159. The Morgan fingerprint density at radius 1 is 0.909 bits per heavy atom. The summed E-state index contributed by atoms with van der Waals surface area (Å²) in [5.74, 6) is -1.74. The van der Waals surface area contributed by atoms with E-state index in [9.17, 15) is 24.3 Å². The van der Waals surface area contributed by atoms with Crippen LogP contribution < -0.4 is 10.6 Å². The lowest BCUT2D eigenvalue weighted by Gasteiger charge is -2.35. The van der Waals surface area contributed by atoms with Crippen LogP contribution in [-0.2, 0) is 30.3 Å². The standard InChI is InChI=1S/C34H47N3O7/c1-21-13-12-16-24(17-21)28(29(39)35-25(31(41)43-33(3,4)5)19-23-14-10-9-11-15-23)37(27-18-22(27)2)30(40)26(20-38)36-32(42)44-34(6,7)8/h9-17,22,25-28,38H,18-20H2,1-8H3,(H,35,39)(H,36,42). The summed E-state index contributed by atoms with van der Waals surface area (Å²) in [6, 6.07) is 12.6. The molecule has 10 nitrogen and oxygen atoms in total. The molecule has 3 rings (SSSR count). The Kier molecular flexibility index (Phi) is 11.2. The Morgan fingerprint density at radius 3 is 2.05 bits per heavy atom. The van der Waals surface area contributed by atoms with Crippen molar-refractivity contribution in [2.45, 2.75) is 104 Å². The van der Waals surface area contributed by atoms with Gasteiger partial charge in [-0.1, -0.05) is 67.1 Å². The Labute approximate surface area is 260 Å². The normalized spacial score (nSPS) is 18.3. The van der Waals surface area contributed by atoms with Gasteiger partial charge in [0.2, 0.25) is 11.8 Å². The fourth-order valence-electron chi connectivity index (χ4n) is 4.93. The predicted molar refractivity (Wildman–Crippen MR) is 167 cm³/mol. The summed E-state index contributed by atoms with van der Waals surface area (Å²) in [5, 5.41) is 15.6. The number of nitrogens with zero attached hydrogens (tertiary/aromatic N) is 1. The number of ether oxygens (including phenoxy) is 2. The summed E-state index contributed by atoms with van der Waals surface area (Å²) < 4.78 is 11.0. The first-order chi connectivity index (χ1) is 20.5. The average Bonchev–Trinajstić information content (AvgIpc) is 3.63. The summed E-state index contributed by atoms with van der Waals surface area (Å²) in [6.07, 6.45) is -0.0566. The number of aliphatic hydroxyl groups is 1. The van der Waals surface area contributed by atoms with Crippen LogP contribution in [0.15, 0.2) is 54.6 Å². The number of hydrogen-bond donors (Lipinski definition) is 3. The van der Waals surface area contributed by atoms with E-state index in [0.717, 1.165) is 11.1 Å². The predicted octanol–water partition coefficient (Wildman–Crippen LogP) is 4.23. The molecule has 1 aliphatic rings. The van der Waals surface area contributed by atoms with Crippen LogP contribution in [0, 0.1) is 12.8 Å². The number of hydrogen-bond acceptors (Lipinski definition) is 7. The maximum Gasteiger partial charge on any atom is 0.408 e. The van der Waals surface area contributed by atoms with Crippen molar-refractivity contribution in [1.82, 2.24) is 15.5 Å². The molecule has 44 heavy (non-hydrogen) atoms. The monoisotopic (exact) mass is 609 g/mol. The number of amides is 3. The molecule has 0 heterocycles. The van der Waals surface area contributed by atoms with Crippen LogP contribution in [0.4, 0.5) is 4.79 Å². The van der Waals surface area contributed by atoms with Gasteiger partial charge < -0.3 is 30.1 Å². The molecule has 1 aliphatic carbocycles. The zero-order chi connectivity index (χ0) is 32.8. The van der Waals surface area contributed by atoms with E-state index in [4.69, 9.17) is 9.47 Å². The molecule has 240 valence electrons. The molecule has 5 atom stereocenters. The Morgan fingerprint density at radius 2 is 1.52 bits per heavy atom. The molecule has 0 saturated heterocycles. The summed E-state index contributed by atoms with van der Waals surface area (Å²) in [6.45, 7) is 13.5. The molecular weight excluding hydrogens is 562 g/mol. The lowest BCUT2D eigenvalue weighted by atomic mass is 9.99. The fourth-order valence-corrected chi connectivity index (χ4v) is 4.93. The van der Waals surface area contributed by atoms with E-state index >= 15 is 0 Å². The first kappa shape index (κ1) is 34.6. The smallest absolute Gasteiger partial charge is 0.408 e. The second-order valence-corrected chi connectivity index (χ2v) is 13.5. The van der Waals surface area contributed by atoms with Gasteiger partial charge in [-0.05, 0) is 71.9 Å². The van der Waals surface area contributed by atoms with Gasteiger partial charge in [-0.2, -0.15) is 0 Å². The summed E-state index contributed by atoms with van der Waals surface area (Å²) in [7, 11) is 0. The van der Waals surface area contributed by atoms with Gasteiger partial charge in [-0.3, -0.25) is 9.59 Å². The minimum Gasteiger partial charge on any atom is -0.458 e. The molecule has 3 N–H and O–H groups in total. The number of carbonyl (C=O) groups is 4. The summed E-state index contributed by atoms with van der Waals surface area (Å²) in [5.41, 5.74) is 0.611. The zero-order valence-electron chi connectivity index (χ0n) is 27.0. The number of carbonyl (C=O) groups excluding carboxylic acids is 4. The number of benzene rings is 2. The van der Waals surface area contributed by atoms with Crippen molar-refractivity contribution in [3.8, 4) is 0 Å². The topological polar surface area (TPSA) is 134 Å². The number of nitrogens with one attached hydrogen (secondary N) is 2. The molecule has 0 bridgehead atoms. The van der Waals surface area contributed by atoms with Crippen LogP contribution in [0.1, 0.15) is 77.6 Å².